The van der Waals surface area contributed by atoms with Gasteiger partial charge in [-0.2, -0.15) is 0 Å². The predicted molar refractivity (Wildman–Crippen MR) is 136 cm³/mol. The van der Waals surface area contributed by atoms with Crippen molar-refractivity contribution in [2.24, 2.45) is 0 Å². The predicted octanol–water partition coefficient (Wildman–Crippen LogP) is 3.38. The van der Waals surface area contributed by atoms with E-state index in [4.69, 9.17) is 21.7 Å². The van der Waals surface area contributed by atoms with Crippen LogP contribution in [0.15, 0.2) is 53.3 Å². The smallest absolute Gasteiger partial charge is 0.253 e. The second-order valence-corrected chi connectivity index (χ2v) is 8.64. The van der Waals surface area contributed by atoms with Crippen LogP contribution in [0.5, 0.6) is 5.75 Å². The molecule has 1 aromatic heterocycles. The Hall–Kier alpha value is -2.94. The standard InChI is InChI=1S/C25H30N4O3S/c1-18-3-8-23-19(15-18)16-20(24(30)27-23)17-29(10-9-28-11-13-32-14-12-28)25(33)26-21-4-6-22(31-2)7-5-21/h3-8,15-16H,9-14,17H2,1-2H3,(H,26,33)(H,27,30). The number of aromatic amines is 1. The van der Waals surface area contributed by atoms with Crippen LogP contribution in [0.25, 0.3) is 10.9 Å². The van der Waals surface area contributed by atoms with Crippen LogP contribution in [0.4, 0.5) is 5.69 Å². The molecule has 1 aliphatic heterocycles. The number of nitrogens with one attached hydrogen (secondary N) is 2. The maximum atomic E-state index is 12.8. The Kier molecular flexibility index (Phi) is 7.59. The van der Waals surface area contributed by atoms with Gasteiger partial charge < -0.3 is 24.7 Å². The topological polar surface area (TPSA) is 69.8 Å². The van der Waals surface area contributed by atoms with Gasteiger partial charge in [0.2, 0.25) is 0 Å². The number of aryl methyl sites for hydroxylation is 1. The van der Waals surface area contributed by atoms with E-state index in [0.717, 1.165) is 60.8 Å². The number of benzene rings is 2. The summed E-state index contributed by atoms with van der Waals surface area (Å²) in [5, 5.41) is 4.91. The van der Waals surface area contributed by atoms with Crippen molar-refractivity contribution in [2.75, 3.05) is 51.8 Å². The van der Waals surface area contributed by atoms with E-state index in [0.29, 0.717) is 23.8 Å². The number of thiocarbonyl (C=S) groups is 1. The number of hydrogen-bond acceptors (Lipinski definition) is 5. The van der Waals surface area contributed by atoms with Gasteiger partial charge >= 0.3 is 0 Å². The van der Waals surface area contributed by atoms with E-state index in [1.807, 2.05) is 49.4 Å². The van der Waals surface area contributed by atoms with Crippen molar-refractivity contribution in [1.29, 1.82) is 0 Å². The number of methoxy groups -OCH3 is 1. The first-order valence-electron chi connectivity index (χ1n) is 11.1. The molecule has 174 valence electrons. The molecule has 1 fully saturated rings. The average molecular weight is 467 g/mol. The van der Waals surface area contributed by atoms with E-state index in [1.54, 1.807) is 7.11 Å². The first-order valence-corrected chi connectivity index (χ1v) is 11.6. The lowest BCUT2D eigenvalue weighted by Gasteiger charge is -2.31. The number of nitrogens with zero attached hydrogens (tertiary/aromatic N) is 2. The molecule has 2 aromatic carbocycles. The summed E-state index contributed by atoms with van der Waals surface area (Å²) in [5.41, 5.74) is 3.47. The fourth-order valence-electron chi connectivity index (χ4n) is 3.91. The highest BCUT2D eigenvalue weighted by atomic mass is 32.1. The maximum absolute atomic E-state index is 12.8. The molecule has 0 aliphatic carbocycles. The summed E-state index contributed by atoms with van der Waals surface area (Å²) < 4.78 is 10.7. The Balaban J connectivity index is 1.54. The van der Waals surface area contributed by atoms with Gasteiger partial charge in [0.25, 0.3) is 5.56 Å². The zero-order valence-corrected chi connectivity index (χ0v) is 19.9. The lowest BCUT2D eigenvalue weighted by Crippen LogP contribution is -2.44. The molecule has 3 aromatic rings. The van der Waals surface area contributed by atoms with Crippen molar-refractivity contribution in [2.45, 2.75) is 13.5 Å². The van der Waals surface area contributed by atoms with Gasteiger partial charge in [0.05, 0.1) is 26.9 Å². The van der Waals surface area contributed by atoms with Crippen LogP contribution in [0.3, 0.4) is 0 Å². The largest absolute Gasteiger partial charge is 0.497 e. The fraction of sp³-hybridized carbons (Fsp3) is 0.360. The third kappa shape index (κ3) is 6.10. The molecule has 7 nitrogen and oxygen atoms in total. The SMILES string of the molecule is COc1ccc(NC(=S)N(CCN2CCOCC2)Cc2cc3cc(C)ccc3[nH]c2=O)cc1. The van der Waals surface area contributed by atoms with Crippen LogP contribution in [0, 0.1) is 6.92 Å². The lowest BCUT2D eigenvalue weighted by atomic mass is 10.1. The second-order valence-electron chi connectivity index (χ2n) is 8.25. The first-order chi connectivity index (χ1) is 16.0. The molecule has 0 atom stereocenters. The summed E-state index contributed by atoms with van der Waals surface area (Å²) in [6.45, 7) is 7.32. The van der Waals surface area contributed by atoms with Crippen molar-refractivity contribution in [1.82, 2.24) is 14.8 Å². The Morgan fingerprint density at radius 1 is 1.18 bits per heavy atom. The number of morpholine rings is 1. The number of H-pyrrole nitrogens is 1. The Bertz CT molecular complexity index is 1160. The van der Waals surface area contributed by atoms with Gasteiger partial charge in [-0.25, -0.2) is 0 Å². The number of hydrogen-bond donors (Lipinski definition) is 2. The number of rotatable bonds is 7. The molecular formula is C25H30N4O3S. The summed E-state index contributed by atoms with van der Waals surface area (Å²) in [6, 6.07) is 15.6. The zero-order valence-electron chi connectivity index (χ0n) is 19.1. The van der Waals surface area contributed by atoms with Gasteiger partial charge in [-0.3, -0.25) is 9.69 Å². The molecule has 0 spiro atoms. The summed E-state index contributed by atoms with van der Waals surface area (Å²) in [4.78, 5) is 20.3. The number of ether oxygens (including phenoxy) is 2. The van der Waals surface area contributed by atoms with Gasteiger partial charge in [0.1, 0.15) is 5.75 Å². The van der Waals surface area contributed by atoms with E-state index >= 15 is 0 Å². The minimum Gasteiger partial charge on any atom is -0.497 e. The third-order valence-corrected chi connectivity index (χ3v) is 6.22. The maximum Gasteiger partial charge on any atom is 0.253 e. The molecule has 1 saturated heterocycles. The minimum absolute atomic E-state index is 0.0880. The van der Waals surface area contributed by atoms with Crippen molar-refractivity contribution in [3.8, 4) is 5.75 Å². The van der Waals surface area contributed by atoms with Crippen LogP contribution in [0.1, 0.15) is 11.1 Å². The molecule has 2 N–H and O–H groups in total. The minimum atomic E-state index is -0.0880. The third-order valence-electron chi connectivity index (χ3n) is 5.86. The summed E-state index contributed by atoms with van der Waals surface area (Å²) >= 11 is 5.77. The van der Waals surface area contributed by atoms with Crippen LogP contribution >= 0.6 is 12.2 Å². The van der Waals surface area contributed by atoms with Gasteiger partial charge in [-0.05, 0) is 67.0 Å². The molecular weight excluding hydrogens is 436 g/mol. The van der Waals surface area contributed by atoms with Crippen molar-refractivity contribution in [3.63, 3.8) is 0 Å². The number of aromatic nitrogens is 1. The zero-order chi connectivity index (χ0) is 23.2. The van der Waals surface area contributed by atoms with Gasteiger partial charge in [-0.15, -0.1) is 0 Å². The number of fused-ring (bicyclic) bond motifs is 1. The van der Waals surface area contributed by atoms with E-state index in [-0.39, 0.29) is 5.56 Å². The van der Waals surface area contributed by atoms with Crippen molar-refractivity contribution in [3.05, 3.63) is 70.0 Å². The molecule has 33 heavy (non-hydrogen) atoms. The van der Waals surface area contributed by atoms with E-state index in [1.165, 1.54) is 0 Å². The van der Waals surface area contributed by atoms with Crippen LogP contribution in [-0.4, -0.2) is 66.4 Å². The van der Waals surface area contributed by atoms with E-state index in [9.17, 15) is 4.79 Å². The molecule has 8 heteroatoms. The molecule has 0 bridgehead atoms. The summed E-state index contributed by atoms with van der Waals surface area (Å²) in [5.74, 6) is 0.786. The Morgan fingerprint density at radius 2 is 1.94 bits per heavy atom. The van der Waals surface area contributed by atoms with Crippen LogP contribution in [0.2, 0.25) is 0 Å². The van der Waals surface area contributed by atoms with Gasteiger partial charge in [0, 0.05) is 42.9 Å². The fourth-order valence-corrected chi connectivity index (χ4v) is 4.18. The van der Waals surface area contributed by atoms with Crippen LogP contribution in [-0.2, 0) is 11.3 Å². The van der Waals surface area contributed by atoms with Crippen molar-refractivity contribution >= 4 is 33.9 Å². The normalized spacial score (nSPS) is 14.2. The van der Waals surface area contributed by atoms with Gasteiger partial charge in [-0.1, -0.05) is 11.6 Å². The van der Waals surface area contributed by atoms with E-state index < -0.39 is 0 Å². The Morgan fingerprint density at radius 3 is 2.67 bits per heavy atom. The molecule has 0 radical (unpaired) electrons. The average Bonchev–Trinajstić information content (AvgIpc) is 2.83. The molecule has 4 rings (SSSR count). The first kappa shape index (κ1) is 23.2. The summed E-state index contributed by atoms with van der Waals surface area (Å²) in [6.07, 6.45) is 0. The number of anilines is 1. The summed E-state index contributed by atoms with van der Waals surface area (Å²) in [7, 11) is 1.64. The van der Waals surface area contributed by atoms with Gasteiger partial charge in [0.15, 0.2) is 5.11 Å². The molecule has 1 aliphatic rings. The Labute approximate surface area is 199 Å². The molecule has 0 saturated carbocycles. The molecule has 0 amide bonds. The monoisotopic (exact) mass is 466 g/mol. The molecule has 2 heterocycles. The molecule has 0 unspecified atom stereocenters. The number of pyridine rings is 1. The van der Waals surface area contributed by atoms with Crippen LogP contribution < -0.4 is 15.6 Å². The second kappa shape index (κ2) is 10.8. The highest BCUT2D eigenvalue weighted by Crippen LogP contribution is 2.17. The highest BCUT2D eigenvalue weighted by Gasteiger charge is 2.17. The highest BCUT2D eigenvalue weighted by molar-refractivity contribution is 7.80. The quantitative estimate of drug-likeness (QED) is 0.518. The lowest BCUT2D eigenvalue weighted by molar-refractivity contribution is 0.0358. The van der Waals surface area contributed by atoms with E-state index in [2.05, 4.69) is 26.2 Å². The van der Waals surface area contributed by atoms with Crippen molar-refractivity contribution < 1.29 is 9.47 Å².